The van der Waals surface area contributed by atoms with Crippen LogP contribution in [0, 0.1) is 34.0 Å². The largest absolute Gasteiger partial charge is 0.469 e. The molecule has 0 aliphatic heterocycles. The van der Waals surface area contributed by atoms with Crippen molar-refractivity contribution in [2.45, 2.75) is 6.42 Å². The van der Waals surface area contributed by atoms with E-state index in [2.05, 4.69) is 14.2 Å². The van der Waals surface area contributed by atoms with Gasteiger partial charge in [-0.15, -0.1) is 0 Å². The summed E-state index contributed by atoms with van der Waals surface area (Å²) < 4.78 is 13.4. The van der Waals surface area contributed by atoms with E-state index in [-0.39, 0.29) is 11.1 Å². The van der Waals surface area contributed by atoms with E-state index in [1.54, 1.807) is 6.07 Å². The summed E-state index contributed by atoms with van der Waals surface area (Å²) in [5.41, 5.74) is -0.899. The highest BCUT2D eigenvalue weighted by Crippen LogP contribution is 2.21. The third-order valence-electron chi connectivity index (χ3n) is 2.84. The van der Waals surface area contributed by atoms with Crippen LogP contribution in [0.5, 0.6) is 0 Å². The van der Waals surface area contributed by atoms with Crippen molar-refractivity contribution < 1.29 is 28.6 Å². The summed E-state index contributed by atoms with van der Waals surface area (Å²) in [7, 11) is 3.27. The standard InChI is InChI=1S/C16H15N3O6/c1-23-14(20)6-11(7-17)10(4-12(8-18)15(21)24-2)5-13(9-19)16(22)25-3/h4-5,11,18H,6H2,1-3H3/b10-4+,13-5+/t11-/m0/s1. The fraction of sp³-hybridized carbons (Fsp3) is 0.312. The molecule has 25 heavy (non-hydrogen) atoms. The van der Waals surface area contributed by atoms with Crippen LogP contribution in [0.1, 0.15) is 6.42 Å². The van der Waals surface area contributed by atoms with Crippen molar-refractivity contribution in [2.24, 2.45) is 5.92 Å². The van der Waals surface area contributed by atoms with Gasteiger partial charge in [0, 0.05) is 0 Å². The van der Waals surface area contributed by atoms with Crippen LogP contribution in [0.3, 0.4) is 0 Å². The summed E-state index contributed by atoms with van der Waals surface area (Å²) in [6, 6.07) is 3.40. The Morgan fingerprint density at radius 3 is 2.04 bits per heavy atom. The molecule has 9 nitrogen and oxygen atoms in total. The number of nitrogens with one attached hydrogen (secondary N) is 1. The molecule has 0 aromatic heterocycles. The van der Waals surface area contributed by atoms with E-state index < -0.39 is 35.8 Å². The Morgan fingerprint density at radius 1 is 1.04 bits per heavy atom. The highest BCUT2D eigenvalue weighted by Gasteiger charge is 2.21. The van der Waals surface area contributed by atoms with Crippen LogP contribution in [0.15, 0.2) is 28.9 Å². The lowest BCUT2D eigenvalue weighted by molar-refractivity contribution is -0.141. The molecule has 0 bridgehead atoms. The van der Waals surface area contributed by atoms with E-state index in [0.717, 1.165) is 33.5 Å². The van der Waals surface area contributed by atoms with Crippen molar-refractivity contribution in [3.8, 4) is 12.1 Å². The molecule has 130 valence electrons. The minimum absolute atomic E-state index is 0.0602. The number of methoxy groups -OCH3 is 3. The van der Waals surface area contributed by atoms with Crippen molar-refractivity contribution in [2.75, 3.05) is 21.3 Å². The zero-order valence-corrected chi connectivity index (χ0v) is 13.8. The molecule has 9 heteroatoms. The summed E-state index contributed by atoms with van der Waals surface area (Å²) in [6.45, 7) is 0. The number of esters is 3. The summed E-state index contributed by atoms with van der Waals surface area (Å²) >= 11 is 0. The van der Waals surface area contributed by atoms with Crippen molar-refractivity contribution >= 4 is 23.8 Å². The summed E-state index contributed by atoms with van der Waals surface area (Å²) in [5.74, 6) is -1.95. The fourth-order valence-corrected chi connectivity index (χ4v) is 1.57. The molecular formula is C16H15N3O6. The van der Waals surface area contributed by atoms with E-state index in [1.165, 1.54) is 0 Å². The Morgan fingerprint density at radius 2 is 1.64 bits per heavy atom. The molecule has 0 aromatic carbocycles. The van der Waals surface area contributed by atoms with Gasteiger partial charge in [0.05, 0.1) is 39.7 Å². The molecule has 1 N–H and O–H groups in total. The number of nitrogens with zero attached hydrogens (tertiary/aromatic N) is 2. The van der Waals surface area contributed by atoms with Crippen molar-refractivity contribution in [3.05, 3.63) is 28.9 Å². The second kappa shape index (κ2) is 10.9. The molecule has 1 atom stereocenters. The van der Waals surface area contributed by atoms with Gasteiger partial charge >= 0.3 is 17.9 Å². The molecule has 0 heterocycles. The van der Waals surface area contributed by atoms with Gasteiger partial charge in [0.25, 0.3) is 0 Å². The third-order valence-corrected chi connectivity index (χ3v) is 2.84. The highest BCUT2D eigenvalue weighted by atomic mass is 16.5. The van der Waals surface area contributed by atoms with Crippen LogP contribution in [0.25, 0.3) is 0 Å². The molecule has 0 fully saturated rings. The first-order valence-corrected chi connectivity index (χ1v) is 6.64. The molecular weight excluding hydrogens is 330 g/mol. The average molecular weight is 345 g/mol. The van der Waals surface area contributed by atoms with Crippen LogP contribution in [0.4, 0.5) is 0 Å². The number of ether oxygens (including phenoxy) is 3. The van der Waals surface area contributed by atoms with Gasteiger partial charge in [-0.1, -0.05) is 0 Å². The SMILES string of the molecule is COC(=O)C[C@@H](C#N)C(/C=C(\C#N)C(=O)OC)=C/C(=C=N)C(=O)OC. The highest BCUT2D eigenvalue weighted by molar-refractivity contribution is 6.00. The average Bonchev–Trinajstić information content (AvgIpc) is 2.65. The van der Waals surface area contributed by atoms with Gasteiger partial charge in [0.15, 0.2) is 0 Å². The summed E-state index contributed by atoms with van der Waals surface area (Å²) in [4.78, 5) is 34.6. The molecule has 0 saturated heterocycles. The smallest absolute Gasteiger partial charge is 0.348 e. The normalized spacial score (nSPS) is 11.9. The Labute approximate surface area is 143 Å². The zero-order valence-electron chi connectivity index (χ0n) is 13.8. The van der Waals surface area contributed by atoms with Gasteiger partial charge in [-0.2, -0.15) is 10.5 Å². The maximum Gasteiger partial charge on any atom is 0.348 e. The van der Waals surface area contributed by atoms with Gasteiger partial charge in [-0.05, 0) is 23.6 Å². The summed E-state index contributed by atoms with van der Waals surface area (Å²) in [5, 5.41) is 25.4. The van der Waals surface area contributed by atoms with Crippen LogP contribution >= 0.6 is 0 Å². The zero-order chi connectivity index (χ0) is 19.4. The van der Waals surface area contributed by atoms with Crippen LogP contribution in [-0.2, 0) is 28.6 Å². The monoisotopic (exact) mass is 345 g/mol. The van der Waals surface area contributed by atoms with E-state index in [4.69, 9.17) is 10.7 Å². The Balaban J connectivity index is 6.27. The maximum atomic E-state index is 11.6. The van der Waals surface area contributed by atoms with Crippen molar-refractivity contribution in [1.82, 2.24) is 0 Å². The van der Waals surface area contributed by atoms with E-state index in [1.807, 2.05) is 11.9 Å². The van der Waals surface area contributed by atoms with E-state index in [0.29, 0.717) is 0 Å². The molecule has 0 saturated carbocycles. The molecule has 0 aliphatic carbocycles. The first-order valence-electron chi connectivity index (χ1n) is 6.64. The lowest BCUT2D eigenvalue weighted by atomic mass is 9.93. The number of hydrogen-bond donors (Lipinski definition) is 1. The predicted molar refractivity (Wildman–Crippen MR) is 82.8 cm³/mol. The minimum Gasteiger partial charge on any atom is -0.469 e. The lowest BCUT2D eigenvalue weighted by Gasteiger charge is -2.10. The predicted octanol–water partition coefficient (Wildman–Crippen LogP) is 0.587. The number of carbonyl (C=O) groups excluding carboxylic acids is 3. The van der Waals surface area contributed by atoms with Crippen LogP contribution < -0.4 is 0 Å². The molecule has 0 rings (SSSR count). The maximum absolute atomic E-state index is 11.6. The molecule has 0 amide bonds. The van der Waals surface area contributed by atoms with Gasteiger partial charge in [0.1, 0.15) is 17.2 Å². The molecule has 0 radical (unpaired) electrons. The fourth-order valence-electron chi connectivity index (χ4n) is 1.57. The number of nitriles is 2. The van der Waals surface area contributed by atoms with Crippen molar-refractivity contribution in [1.29, 1.82) is 15.9 Å². The van der Waals surface area contributed by atoms with Gasteiger partial charge in [0.2, 0.25) is 0 Å². The summed E-state index contributed by atoms with van der Waals surface area (Å²) in [6.07, 6.45) is 1.61. The molecule has 0 aliphatic rings. The topological polar surface area (TPSA) is 150 Å². The van der Waals surface area contributed by atoms with Gasteiger partial charge in [-0.25, -0.2) is 9.59 Å². The Bertz CT molecular complexity index is 745. The Kier molecular flexibility index (Phi) is 9.34. The number of carbonyl (C=O) groups is 3. The number of allylic oxidation sites excluding steroid dienone is 2. The minimum atomic E-state index is -1.16. The van der Waals surface area contributed by atoms with Gasteiger partial charge in [-0.3, -0.25) is 10.2 Å². The number of rotatable bonds is 7. The third kappa shape index (κ3) is 6.53. The molecule has 0 spiro atoms. The second-order valence-corrected chi connectivity index (χ2v) is 4.30. The van der Waals surface area contributed by atoms with Gasteiger partial charge < -0.3 is 14.2 Å². The van der Waals surface area contributed by atoms with Crippen LogP contribution in [0.2, 0.25) is 0 Å². The lowest BCUT2D eigenvalue weighted by Crippen LogP contribution is -2.13. The molecule has 0 unspecified atom stereocenters. The quantitative estimate of drug-likeness (QED) is 0.176. The van der Waals surface area contributed by atoms with E-state index >= 15 is 0 Å². The first-order chi connectivity index (χ1) is 11.9. The second-order valence-electron chi connectivity index (χ2n) is 4.30. The van der Waals surface area contributed by atoms with E-state index in [9.17, 15) is 19.6 Å². The Hall–Kier alpha value is -3.68. The van der Waals surface area contributed by atoms with Crippen LogP contribution in [-0.4, -0.2) is 45.1 Å². The van der Waals surface area contributed by atoms with Crippen molar-refractivity contribution in [3.63, 3.8) is 0 Å². The first kappa shape index (κ1) is 21.3. The number of hydrogen-bond acceptors (Lipinski definition) is 9. The molecule has 0 aromatic rings.